The average molecular weight is 206 g/mol. The smallest absolute Gasteiger partial charge is 0.0537 e. The molecule has 2 rings (SSSR count). The van der Waals surface area contributed by atoms with E-state index in [9.17, 15) is 0 Å². The second-order valence-electron chi connectivity index (χ2n) is 5.12. The van der Waals surface area contributed by atoms with E-state index in [0.717, 1.165) is 13.2 Å². The van der Waals surface area contributed by atoms with Gasteiger partial charge in [0.2, 0.25) is 0 Å². The van der Waals surface area contributed by atoms with Gasteiger partial charge in [-0.3, -0.25) is 0 Å². The van der Waals surface area contributed by atoms with Crippen molar-refractivity contribution in [1.82, 2.24) is 0 Å². The number of ether oxygens (including phenoxy) is 1. The summed E-state index contributed by atoms with van der Waals surface area (Å²) in [5.41, 5.74) is 1.88. The largest absolute Gasteiger partial charge is 0.381 e. The molecule has 1 nitrogen and oxygen atoms in total. The van der Waals surface area contributed by atoms with E-state index in [1.807, 2.05) is 0 Å². The van der Waals surface area contributed by atoms with Crippen LogP contribution in [0.25, 0.3) is 0 Å². The molecule has 84 valence electrons. The minimum Gasteiger partial charge on any atom is -0.381 e. The van der Waals surface area contributed by atoms with E-state index in [-0.39, 0.29) is 0 Å². The summed E-state index contributed by atoms with van der Waals surface area (Å²) in [6, 6.07) is 0. The molecule has 2 atom stereocenters. The minimum atomic E-state index is 0.357. The maximum atomic E-state index is 5.64. The van der Waals surface area contributed by atoms with Crippen LogP contribution < -0.4 is 0 Å². The third-order valence-corrected chi connectivity index (χ3v) is 3.75. The van der Waals surface area contributed by atoms with E-state index < -0.39 is 0 Å². The fourth-order valence-electron chi connectivity index (χ4n) is 2.75. The number of hydrogen-bond acceptors (Lipinski definition) is 1. The lowest BCUT2D eigenvalue weighted by Crippen LogP contribution is -2.28. The molecule has 1 aliphatic carbocycles. The van der Waals surface area contributed by atoms with Crippen molar-refractivity contribution in [1.29, 1.82) is 0 Å². The van der Waals surface area contributed by atoms with Gasteiger partial charge >= 0.3 is 0 Å². The van der Waals surface area contributed by atoms with Gasteiger partial charge in [-0.1, -0.05) is 44.1 Å². The Hall–Kier alpha value is -0.560. The van der Waals surface area contributed by atoms with Crippen LogP contribution in [0.4, 0.5) is 0 Å². The van der Waals surface area contributed by atoms with Gasteiger partial charge in [-0.2, -0.15) is 0 Å². The molecule has 1 saturated heterocycles. The monoisotopic (exact) mass is 206 g/mol. The van der Waals surface area contributed by atoms with Crippen molar-refractivity contribution in [3.63, 3.8) is 0 Å². The van der Waals surface area contributed by atoms with Crippen LogP contribution >= 0.6 is 0 Å². The highest BCUT2D eigenvalue weighted by Gasteiger charge is 2.34. The summed E-state index contributed by atoms with van der Waals surface area (Å²) in [6.45, 7) is 6.49. The lowest BCUT2D eigenvalue weighted by Gasteiger charge is -2.34. The first-order chi connectivity index (χ1) is 7.24. The molecule has 15 heavy (non-hydrogen) atoms. The molecule has 0 radical (unpaired) electrons. The van der Waals surface area contributed by atoms with Gasteiger partial charge < -0.3 is 4.74 Å². The zero-order valence-corrected chi connectivity index (χ0v) is 9.96. The number of allylic oxidation sites excluding steroid dienone is 3. The van der Waals surface area contributed by atoms with E-state index in [2.05, 4.69) is 32.1 Å². The van der Waals surface area contributed by atoms with Crippen molar-refractivity contribution in [3.05, 3.63) is 23.8 Å². The predicted molar refractivity (Wildman–Crippen MR) is 63.8 cm³/mol. The van der Waals surface area contributed by atoms with Crippen LogP contribution in [0.3, 0.4) is 0 Å². The van der Waals surface area contributed by atoms with Gasteiger partial charge in [-0.15, -0.1) is 0 Å². The summed E-state index contributed by atoms with van der Waals surface area (Å²) in [4.78, 5) is 0. The Morgan fingerprint density at radius 1 is 1.53 bits per heavy atom. The van der Waals surface area contributed by atoms with E-state index in [1.165, 1.54) is 31.3 Å². The topological polar surface area (TPSA) is 9.23 Å². The molecule has 1 aliphatic heterocycles. The Balaban J connectivity index is 2.17. The standard InChI is InChI=1S/C14H22O/c1-3-5-12-6-7-13-11-15-9-4-8-14(13,2)10-12/h6-7,10,13H,3-5,8-9,11H2,1-2H3. The highest BCUT2D eigenvalue weighted by molar-refractivity contribution is 5.29. The third-order valence-electron chi connectivity index (χ3n) is 3.75. The fourth-order valence-corrected chi connectivity index (χ4v) is 2.75. The van der Waals surface area contributed by atoms with Gasteiger partial charge in [0.05, 0.1) is 6.61 Å². The van der Waals surface area contributed by atoms with Crippen LogP contribution in [0, 0.1) is 11.3 Å². The molecule has 1 heteroatoms. The molecule has 0 aromatic carbocycles. The number of rotatable bonds is 2. The molecule has 2 aliphatic rings. The molecule has 0 aromatic heterocycles. The SMILES string of the molecule is CCCC1=CC2(C)CCCOCC2C=C1. The summed E-state index contributed by atoms with van der Waals surface area (Å²) >= 11 is 0. The molecule has 0 aromatic rings. The van der Waals surface area contributed by atoms with Crippen LogP contribution in [0.5, 0.6) is 0 Å². The van der Waals surface area contributed by atoms with Gasteiger partial charge in [-0.05, 0) is 24.7 Å². The van der Waals surface area contributed by atoms with Gasteiger partial charge in [0.1, 0.15) is 0 Å². The second-order valence-corrected chi connectivity index (χ2v) is 5.12. The fraction of sp³-hybridized carbons (Fsp3) is 0.714. The molecule has 0 N–H and O–H groups in total. The second kappa shape index (κ2) is 4.52. The summed E-state index contributed by atoms with van der Waals surface area (Å²) < 4.78 is 5.64. The van der Waals surface area contributed by atoms with E-state index >= 15 is 0 Å². The first kappa shape index (κ1) is 10.9. The van der Waals surface area contributed by atoms with E-state index in [1.54, 1.807) is 0 Å². The van der Waals surface area contributed by atoms with Crippen molar-refractivity contribution in [3.8, 4) is 0 Å². The first-order valence-electron chi connectivity index (χ1n) is 6.22. The van der Waals surface area contributed by atoms with Gasteiger partial charge in [0, 0.05) is 12.5 Å². The molecular formula is C14H22O. The minimum absolute atomic E-state index is 0.357. The molecule has 2 unspecified atom stereocenters. The van der Waals surface area contributed by atoms with E-state index in [4.69, 9.17) is 4.74 Å². The third kappa shape index (κ3) is 2.34. The molecule has 0 amide bonds. The Morgan fingerprint density at radius 3 is 3.20 bits per heavy atom. The summed E-state index contributed by atoms with van der Waals surface area (Å²) in [6.07, 6.45) is 12.1. The van der Waals surface area contributed by atoms with Gasteiger partial charge in [0.25, 0.3) is 0 Å². The Labute approximate surface area is 93.2 Å². The van der Waals surface area contributed by atoms with Crippen molar-refractivity contribution < 1.29 is 4.74 Å². The van der Waals surface area contributed by atoms with Crippen LogP contribution in [0.2, 0.25) is 0 Å². The lowest BCUT2D eigenvalue weighted by molar-refractivity contribution is 0.112. The van der Waals surface area contributed by atoms with Crippen molar-refractivity contribution >= 4 is 0 Å². The summed E-state index contributed by atoms with van der Waals surface area (Å²) in [7, 11) is 0. The molecule has 1 fully saturated rings. The molecule has 1 heterocycles. The number of hydrogen-bond donors (Lipinski definition) is 0. The average Bonchev–Trinajstić information content (AvgIpc) is 2.39. The summed E-state index contributed by atoms with van der Waals surface area (Å²) in [5, 5.41) is 0. The molecular weight excluding hydrogens is 184 g/mol. The highest BCUT2D eigenvalue weighted by Crippen LogP contribution is 2.41. The summed E-state index contributed by atoms with van der Waals surface area (Å²) in [5.74, 6) is 0.598. The maximum absolute atomic E-state index is 5.64. The van der Waals surface area contributed by atoms with Crippen molar-refractivity contribution in [2.45, 2.75) is 39.5 Å². The van der Waals surface area contributed by atoms with Crippen molar-refractivity contribution in [2.24, 2.45) is 11.3 Å². The van der Waals surface area contributed by atoms with Crippen LogP contribution in [-0.2, 0) is 4.74 Å². The normalized spacial score (nSPS) is 35.6. The molecule has 0 saturated carbocycles. The van der Waals surface area contributed by atoms with Gasteiger partial charge in [0.15, 0.2) is 0 Å². The van der Waals surface area contributed by atoms with Crippen LogP contribution in [0.15, 0.2) is 23.8 Å². The maximum Gasteiger partial charge on any atom is 0.0537 e. The Kier molecular flexibility index (Phi) is 3.30. The first-order valence-corrected chi connectivity index (χ1v) is 6.22. The Morgan fingerprint density at radius 2 is 2.40 bits per heavy atom. The zero-order valence-electron chi connectivity index (χ0n) is 9.96. The number of fused-ring (bicyclic) bond motifs is 1. The Bertz CT molecular complexity index is 277. The van der Waals surface area contributed by atoms with Crippen molar-refractivity contribution in [2.75, 3.05) is 13.2 Å². The quantitative estimate of drug-likeness (QED) is 0.669. The zero-order chi connectivity index (χ0) is 10.7. The van der Waals surface area contributed by atoms with Crippen LogP contribution in [-0.4, -0.2) is 13.2 Å². The molecule has 0 bridgehead atoms. The van der Waals surface area contributed by atoms with E-state index in [0.29, 0.717) is 11.3 Å². The van der Waals surface area contributed by atoms with Crippen LogP contribution in [0.1, 0.15) is 39.5 Å². The predicted octanol–water partition coefficient (Wildman–Crippen LogP) is 3.72. The van der Waals surface area contributed by atoms with Gasteiger partial charge in [-0.25, -0.2) is 0 Å². The highest BCUT2D eigenvalue weighted by atomic mass is 16.5. The molecule has 0 spiro atoms. The lowest BCUT2D eigenvalue weighted by atomic mass is 9.70.